The number of rotatable bonds is 14. The van der Waals surface area contributed by atoms with Gasteiger partial charge in [-0.15, -0.1) is 0 Å². The molecule has 252 valence electrons. The Kier molecular flexibility index (Phi) is 11.9. The first-order chi connectivity index (χ1) is 23.2. The molecule has 0 bridgehead atoms. The molecule has 1 atom stereocenters. The lowest BCUT2D eigenvalue weighted by Gasteiger charge is -2.27. The van der Waals surface area contributed by atoms with Crippen molar-refractivity contribution in [1.29, 1.82) is 0 Å². The summed E-state index contributed by atoms with van der Waals surface area (Å²) in [7, 11) is 0. The number of hydrogen-bond acceptors (Lipinski definition) is 6. The van der Waals surface area contributed by atoms with Crippen LogP contribution in [0.25, 0.3) is 17.2 Å². The second-order valence-corrected chi connectivity index (χ2v) is 12.8. The second-order valence-electron chi connectivity index (χ2n) is 12.8. The Balaban J connectivity index is 1.31. The Morgan fingerprint density at radius 2 is 1.73 bits per heavy atom. The van der Waals surface area contributed by atoms with Crippen LogP contribution in [0, 0.1) is 18.0 Å². The summed E-state index contributed by atoms with van der Waals surface area (Å²) < 4.78 is 12.1. The molecule has 0 spiro atoms. The van der Waals surface area contributed by atoms with Crippen LogP contribution < -0.4 is 19.7 Å². The van der Waals surface area contributed by atoms with Crippen molar-refractivity contribution in [2.45, 2.75) is 53.1 Å². The van der Waals surface area contributed by atoms with Gasteiger partial charge in [-0.3, -0.25) is 4.79 Å². The molecule has 0 saturated heterocycles. The van der Waals surface area contributed by atoms with Gasteiger partial charge in [0.15, 0.2) is 12.3 Å². The summed E-state index contributed by atoms with van der Waals surface area (Å²) in [5.74, 6) is 1.10. The lowest BCUT2D eigenvalue weighted by atomic mass is 10.00. The molecular weight excluding hydrogens is 602 g/mol. The average molecular weight is 650 g/mol. The summed E-state index contributed by atoms with van der Waals surface area (Å²) in [4.78, 5) is 16.0. The molecule has 0 aliphatic carbocycles. The molecule has 0 saturated carbocycles. The van der Waals surface area contributed by atoms with Crippen LogP contribution in [0.3, 0.4) is 0 Å². The van der Waals surface area contributed by atoms with E-state index in [2.05, 4.69) is 61.3 Å². The summed E-state index contributed by atoms with van der Waals surface area (Å²) in [6.07, 6.45) is 5.15. The SMILES string of the molecule is CCCCOCCOc1ccc(-c2ccc3c(c2)C=C(C(=O)Nc2ccc(C(O)c4ccc(C)c[n+]4[O-])cc2)CCN3CC(C)C)cc1. The van der Waals surface area contributed by atoms with Gasteiger partial charge in [-0.25, -0.2) is 0 Å². The summed E-state index contributed by atoms with van der Waals surface area (Å²) in [6, 6.07) is 24.9. The fourth-order valence-electron chi connectivity index (χ4n) is 5.83. The highest BCUT2D eigenvalue weighted by molar-refractivity contribution is 6.07. The van der Waals surface area contributed by atoms with E-state index in [4.69, 9.17) is 9.47 Å². The van der Waals surface area contributed by atoms with Crippen molar-refractivity contribution in [3.05, 3.63) is 118 Å². The van der Waals surface area contributed by atoms with E-state index in [1.54, 1.807) is 36.4 Å². The molecule has 0 radical (unpaired) electrons. The van der Waals surface area contributed by atoms with Gasteiger partial charge in [0.25, 0.3) is 5.91 Å². The quantitative estimate of drug-likeness (QED) is 0.0836. The normalized spacial score (nSPS) is 13.5. The third kappa shape index (κ3) is 9.02. The number of aromatic nitrogens is 1. The molecule has 1 aliphatic heterocycles. The molecule has 1 aliphatic rings. The zero-order chi connectivity index (χ0) is 34.0. The van der Waals surface area contributed by atoms with Gasteiger partial charge in [0, 0.05) is 48.3 Å². The molecule has 1 amide bonds. The van der Waals surface area contributed by atoms with Crippen molar-refractivity contribution in [3.63, 3.8) is 0 Å². The first kappa shape index (κ1) is 34.7. The minimum absolute atomic E-state index is 0.165. The van der Waals surface area contributed by atoms with Crippen molar-refractivity contribution in [2.24, 2.45) is 5.92 Å². The van der Waals surface area contributed by atoms with Gasteiger partial charge in [0.05, 0.1) is 6.61 Å². The fraction of sp³-hybridized carbons (Fsp3) is 0.350. The minimum Gasteiger partial charge on any atom is -0.618 e. The van der Waals surface area contributed by atoms with Crippen LogP contribution in [-0.4, -0.2) is 43.9 Å². The molecule has 4 aromatic rings. The first-order valence-electron chi connectivity index (χ1n) is 16.9. The number of fused-ring (bicyclic) bond motifs is 1. The van der Waals surface area contributed by atoms with Crippen LogP contribution in [0.5, 0.6) is 5.75 Å². The maximum atomic E-state index is 13.6. The van der Waals surface area contributed by atoms with E-state index in [1.165, 1.54) is 6.20 Å². The third-order valence-corrected chi connectivity index (χ3v) is 8.41. The number of benzene rings is 3. The van der Waals surface area contributed by atoms with Gasteiger partial charge in [-0.05, 0) is 96.5 Å². The number of nitrogens with zero attached hydrogens (tertiary/aromatic N) is 2. The van der Waals surface area contributed by atoms with Crippen LogP contribution >= 0.6 is 0 Å². The van der Waals surface area contributed by atoms with Crippen molar-refractivity contribution < 1.29 is 24.1 Å². The maximum Gasteiger partial charge on any atom is 0.251 e. The van der Waals surface area contributed by atoms with E-state index in [0.717, 1.165) is 66.2 Å². The summed E-state index contributed by atoms with van der Waals surface area (Å²) >= 11 is 0. The summed E-state index contributed by atoms with van der Waals surface area (Å²) in [5.41, 5.74) is 7.19. The Morgan fingerprint density at radius 3 is 2.44 bits per heavy atom. The van der Waals surface area contributed by atoms with E-state index in [0.29, 0.717) is 47.1 Å². The zero-order valence-electron chi connectivity index (χ0n) is 28.4. The smallest absolute Gasteiger partial charge is 0.251 e. The van der Waals surface area contributed by atoms with Gasteiger partial charge in [-0.1, -0.05) is 57.5 Å². The van der Waals surface area contributed by atoms with Crippen molar-refractivity contribution in [3.8, 4) is 16.9 Å². The summed E-state index contributed by atoms with van der Waals surface area (Å²) in [6.45, 7) is 11.9. The highest BCUT2D eigenvalue weighted by Gasteiger charge is 2.22. The lowest BCUT2D eigenvalue weighted by molar-refractivity contribution is -0.618. The van der Waals surface area contributed by atoms with Crippen LogP contribution in [0.15, 0.2) is 90.6 Å². The van der Waals surface area contributed by atoms with Gasteiger partial charge >= 0.3 is 0 Å². The standard InChI is InChI=1S/C40H47N3O5/c1-5-6-21-47-22-23-48-36-15-10-30(11-16-36)32-12-18-37-34(24-32)25-33(19-20-42(37)26-28(2)3)40(45)41-35-13-8-31(9-14-35)39(44)38-17-7-29(4)27-43(38)46/h7-18,24-25,27-28,39,44H,5-6,19-23,26H2,1-4H3,(H,41,45). The number of nitrogens with one attached hydrogen (secondary N) is 1. The Bertz CT molecular complexity index is 1700. The monoisotopic (exact) mass is 649 g/mol. The number of carbonyl (C=O) groups is 1. The first-order valence-corrected chi connectivity index (χ1v) is 16.9. The number of carbonyl (C=O) groups excluding carboxylic acids is 1. The number of aryl methyl sites for hydroxylation is 1. The lowest BCUT2D eigenvalue weighted by Crippen LogP contribution is -2.33. The van der Waals surface area contributed by atoms with Crippen molar-refractivity contribution in [1.82, 2.24) is 0 Å². The van der Waals surface area contributed by atoms with Gasteiger partial charge < -0.3 is 30.0 Å². The number of pyridine rings is 1. The number of aliphatic hydroxyl groups excluding tert-OH is 1. The fourth-order valence-corrected chi connectivity index (χ4v) is 5.83. The Morgan fingerprint density at radius 1 is 0.979 bits per heavy atom. The van der Waals surface area contributed by atoms with Crippen LogP contribution in [-0.2, 0) is 9.53 Å². The number of aliphatic hydroxyl groups is 1. The molecule has 2 N–H and O–H groups in total. The number of anilines is 2. The molecule has 3 aromatic carbocycles. The number of amides is 1. The molecule has 48 heavy (non-hydrogen) atoms. The highest BCUT2D eigenvalue weighted by atomic mass is 16.5. The average Bonchev–Trinajstić information content (AvgIpc) is 3.25. The van der Waals surface area contributed by atoms with Gasteiger partial charge in [0.2, 0.25) is 5.69 Å². The zero-order valence-corrected chi connectivity index (χ0v) is 28.4. The predicted molar refractivity (Wildman–Crippen MR) is 192 cm³/mol. The number of ether oxygens (including phenoxy) is 2. The maximum absolute atomic E-state index is 13.6. The van der Waals surface area contributed by atoms with Crippen LogP contribution in [0.2, 0.25) is 0 Å². The topological polar surface area (TPSA) is 98.0 Å². The van der Waals surface area contributed by atoms with E-state index >= 15 is 0 Å². The number of unbranched alkanes of at least 4 members (excludes halogenated alkanes) is 1. The van der Waals surface area contributed by atoms with Crippen LogP contribution in [0.4, 0.5) is 11.4 Å². The van der Waals surface area contributed by atoms with Crippen LogP contribution in [0.1, 0.15) is 68.5 Å². The molecule has 2 heterocycles. The molecule has 1 unspecified atom stereocenters. The Labute approximate surface area is 284 Å². The minimum atomic E-state index is -1.08. The molecular formula is C40H47N3O5. The van der Waals surface area contributed by atoms with Gasteiger partial charge in [-0.2, -0.15) is 4.73 Å². The van der Waals surface area contributed by atoms with E-state index in [1.807, 2.05) is 25.1 Å². The largest absolute Gasteiger partial charge is 0.618 e. The molecule has 1 aromatic heterocycles. The highest BCUT2D eigenvalue weighted by Crippen LogP contribution is 2.34. The predicted octanol–water partition coefficient (Wildman–Crippen LogP) is 7.46. The summed E-state index contributed by atoms with van der Waals surface area (Å²) in [5, 5.41) is 26.1. The Hall–Kier alpha value is -4.66. The number of hydrogen-bond donors (Lipinski definition) is 2. The van der Waals surface area contributed by atoms with Crippen molar-refractivity contribution >= 4 is 23.4 Å². The molecule has 5 rings (SSSR count). The van der Waals surface area contributed by atoms with Crippen molar-refractivity contribution in [2.75, 3.05) is 43.1 Å². The second kappa shape index (κ2) is 16.4. The molecule has 0 fully saturated rings. The van der Waals surface area contributed by atoms with E-state index in [-0.39, 0.29) is 11.6 Å². The molecule has 8 heteroatoms. The van der Waals surface area contributed by atoms with E-state index in [9.17, 15) is 15.1 Å². The third-order valence-electron chi connectivity index (χ3n) is 8.41. The van der Waals surface area contributed by atoms with Gasteiger partial charge in [0.1, 0.15) is 12.4 Å². The molecule has 8 nitrogen and oxygen atoms in total. The van der Waals surface area contributed by atoms with E-state index < -0.39 is 6.10 Å².